The van der Waals surface area contributed by atoms with Crippen LogP contribution in [-0.2, 0) is 0 Å². The van der Waals surface area contributed by atoms with Crippen LogP contribution in [-0.4, -0.2) is 39.7 Å². The van der Waals surface area contributed by atoms with Gasteiger partial charge in [0.2, 0.25) is 0 Å². The Kier molecular flexibility index (Phi) is 11.5. The molecule has 2 heteroatoms. The average molecular weight is 145 g/mol. The molecule has 0 radical (unpaired) electrons. The molecule has 0 aliphatic rings. The summed E-state index contributed by atoms with van der Waals surface area (Å²) in [6, 6.07) is 0. The monoisotopic (exact) mass is 145 g/mol. The maximum atomic E-state index is 2.31. The Morgan fingerprint density at radius 3 is 1.22 bits per heavy atom. The Bertz CT molecular complexity index is 41.4. The molecule has 0 saturated heterocycles. The van der Waals surface area contributed by atoms with Crippen molar-refractivity contribution in [3.8, 4) is 0 Å². The topological polar surface area (TPSA) is 3.24 Å². The van der Waals surface area contributed by atoms with Gasteiger partial charge in [-0.3, -0.25) is 0 Å². The van der Waals surface area contributed by atoms with E-state index in [2.05, 4.69) is 43.3 Å². The normalized spacial score (nSPS) is 8.33. The van der Waals surface area contributed by atoms with E-state index in [0.717, 1.165) is 6.54 Å². The van der Waals surface area contributed by atoms with E-state index >= 15 is 0 Å². The van der Waals surface area contributed by atoms with Gasteiger partial charge in [-0.2, -0.15) is 0 Å². The molecule has 0 heterocycles. The lowest BCUT2D eigenvalue weighted by molar-refractivity contribution is 0.434. The molecule has 0 aromatic heterocycles. The molecule has 0 aliphatic carbocycles. The first-order chi connectivity index (χ1) is 4.00. The lowest BCUT2D eigenvalue weighted by Crippen LogP contribution is -2.08. The molecule has 0 N–H and O–H groups in total. The second-order valence-electron chi connectivity index (χ2n) is 3.13. The molecule has 0 amide bonds. The number of hydrogen-bond acceptors (Lipinski definition) is 1. The van der Waals surface area contributed by atoms with E-state index in [9.17, 15) is 0 Å². The summed E-state index contributed by atoms with van der Waals surface area (Å²) in [5.74, 6) is 6.92. The summed E-state index contributed by atoms with van der Waals surface area (Å²) in [4.78, 5) is 2.12. The summed E-state index contributed by atoms with van der Waals surface area (Å²) in [5.41, 5.74) is 0. The van der Waals surface area contributed by atoms with Gasteiger partial charge in [0.05, 0.1) is 0 Å². The van der Waals surface area contributed by atoms with E-state index < -0.39 is 0 Å². The van der Waals surface area contributed by atoms with Gasteiger partial charge in [0, 0.05) is 0 Å². The summed E-state index contributed by atoms with van der Waals surface area (Å²) in [5, 5.41) is 0. The molecule has 0 bridgehead atoms. The van der Waals surface area contributed by atoms with E-state index in [1.165, 1.54) is 0 Å². The summed E-state index contributed by atoms with van der Waals surface area (Å²) in [6.07, 6.45) is 0. The molecule has 0 rings (SSSR count). The van der Waals surface area contributed by atoms with Crippen LogP contribution in [0, 0.1) is 0 Å². The molecule has 0 aliphatic heterocycles. The Labute approximate surface area is 64.4 Å². The van der Waals surface area contributed by atoms with Crippen molar-refractivity contribution in [1.82, 2.24) is 4.90 Å². The molecule has 0 atom stereocenters. The van der Waals surface area contributed by atoms with Gasteiger partial charge < -0.3 is 4.90 Å². The van der Waals surface area contributed by atoms with Crippen molar-refractivity contribution in [2.24, 2.45) is 0 Å². The van der Waals surface area contributed by atoms with E-state index in [1.54, 1.807) is 0 Å². The number of hydrogen-bond donors (Lipinski definition) is 0. The third-order valence-corrected chi connectivity index (χ3v) is 0.632. The lowest BCUT2D eigenvalue weighted by Gasteiger charge is -2.00. The summed E-state index contributed by atoms with van der Waals surface area (Å²) in [6.45, 7) is 3.26. The number of rotatable bonds is 1. The SMILES string of the molecule is CCN(C)C.[CH3][Al]([CH3])[CH3]. The van der Waals surface area contributed by atoms with Crippen LogP contribution in [0.3, 0.4) is 0 Å². The van der Waals surface area contributed by atoms with E-state index in [1.807, 2.05) is 0 Å². The maximum Gasteiger partial charge on any atom is 0.251 e. The van der Waals surface area contributed by atoms with Gasteiger partial charge in [-0.25, -0.2) is 0 Å². The highest BCUT2D eigenvalue weighted by molar-refractivity contribution is 6.54. The molecular formula is C7H20AlN. The molecule has 0 unspecified atom stereocenters. The third kappa shape index (κ3) is 57.6. The van der Waals surface area contributed by atoms with E-state index in [0.29, 0.717) is 0 Å². The summed E-state index contributed by atoms with van der Waals surface area (Å²) in [7, 11) is 4.11. The molecule has 0 aromatic rings. The fourth-order valence-electron chi connectivity index (χ4n) is 0. The molecular weight excluding hydrogens is 125 g/mol. The van der Waals surface area contributed by atoms with Crippen molar-refractivity contribution in [2.45, 2.75) is 24.3 Å². The van der Waals surface area contributed by atoms with Gasteiger partial charge >= 0.3 is 0 Å². The van der Waals surface area contributed by atoms with Gasteiger partial charge in [-0.15, -0.1) is 17.4 Å². The molecule has 56 valence electrons. The van der Waals surface area contributed by atoms with Gasteiger partial charge in [-0.05, 0) is 20.6 Å². The standard InChI is InChI=1S/C4H11N.3CH3.Al/c1-4-5(2)3;;;;/h4H2,1-3H3;3*1H3;. The van der Waals surface area contributed by atoms with Crippen LogP contribution in [0.1, 0.15) is 6.92 Å². The zero-order valence-corrected chi connectivity index (χ0v) is 8.89. The Hall–Kier alpha value is 0.492. The van der Waals surface area contributed by atoms with Crippen molar-refractivity contribution < 1.29 is 0 Å². The number of nitrogens with zero attached hydrogens (tertiary/aromatic N) is 1. The van der Waals surface area contributed by atoms with Crippen LogP contribution < -0.4 is 0 Å². The van der Waals surface area contributed by atoms with E-state index in [4.69, 9.17) is 0 Å². The fraction of sp³-hybridized carbons (Fsp3) is 1.00. The smallest absolute Gasteiger partial charge is 0.251 e. The van der Waals surface area contributed by atoms with E-state index in [-0.39, 0.29) is 14.1 Å². The van der Waals surface area contributed by atoms with Crippen LogP contribution >= 0.6 is 0 Å². The molecule has 9 heavy (non-hydrogen) atoms. The Morgan fingerprint density at radius 2 is 1.22 bits per heavy atom. The molecule has 0 aromatic carbocycles. The molecule has 0 spiro atoms. The van der Waals surface area contributed by atoms with Crippen molar-refractivity contribution in [3.05, 3.63) is 0 Å². The van der Waals surface area contributed by atoms with Gasteiger partial charge in [0.25, 0.3) is 14.1 Å². The summed E-state index contributed by atoms with van der Waals surface area (Å²) >= 11 is -0.139. The molecule has 0 saturated carbocycles. The van der Waals surface area contributed by atoms with Crippen LogP contribution in [0.4, 0.5) is 0 Å². The molecule has 0 fully saturated rings. The lowest BCUT2D eigenvalue weighted by atomic mass is 10.7. The second-order valence-corrected chi connectivity index (χ2v) is 6.59. The summed E-state index contributed by atoms with van der Waals surface area (Å²) < 4.78 is 0. The zero-order valence-electron chi connectivity index (χ0n) is 7.73. The largest absolute Gasteiger partial charge is 0.310 e. The van der Waals surface area contributed by atoms with Crippen molar-refractivity contribution in [3.63, 3.8) is 0 Å². The zero-order chi connectivity index (χ0) is 7.86. The van der Waals surface area contributed by atoms with Crippen molar-refractivity contribution >= 4 is 14.1 Å². The highest BCUT2D eigenvalue weighted by Crippen LogP contribution is 1.68. The average Bonchev–Trinajstić information content (AvgIpc) is 1.65. The first kappa shape index (κ1) is 12.2. The maximum absolute atomic E-state index is 2.31. The van der Waals surface area contributed by atoms with Crippen molar-refractivity contribution in [1.29, 1.82) is 0 Å². The fourth-order valence-corrected chi connectivity index (χ4v) is 0. The predicted octanol–water partition coefficient (Wildman–Crippen LogP) is 1.94. The van der Waals surface area contributed by atoms with Gasteiger partial charge in [0.15, 0.2) is 0 Å². The minimum atomic E-state index is -0.139. The minimum absolute atomic E-state index is 0.139. The minimum Gasteiger partial charge on any atom is -0.310 e. The van der Waals surface area contributed by atoms with Crippen LogP contribution in [0.25, 0.3) is 0 Å². The van der Waals surface area contributed by atoms with Crippen molar-refractivity contribution in [2.75, 3.05) is 20.6 Å². The third-order valence-electron chi connectivity index (χ3n) is 0.632. The quantitative estimate of drug-likeness (QED) is 0.510. The van der Waals surface area contributed by atoms with Gasteiger partial charge in [0.1, 0.15) is 0 Å². The first-order valence-electron chi connectivity index (χ1n) is 3.65. The highest BCUT2D eigenvalue weighted by atomic mass is 27.2. The Morgan fingerprint density at radius 1 is 1.11 bits per heavy atom. The first-order valence-corrected chi connectivity index (χ1v) is 7.11. The highest BCUT2D eigenvalue weighted by Gasteiger charge is 1.81. The van der Waals surface area contributed by atoms with Gasteiger partial charge in [-0.1, -0.05) is 6.92 Å². The Balaban J connectivity index is 0. The molecule has 1 nitrogen and oxygen atoms in total. The van der Waals surface area contributed by atoms with Crippen LogP contribution in [0.2, 0.25) is 17.4 Å². The van der Waals surface area contributed by atoms with Crippen LogP contribution in [0.15, 0.2) is 0 Å². The second kappa shape index (κ2) is 8.49. The predicted molar refractivity (Wildman–Crippen MR) is 47.6 cm³/mol. The van der Waals surface area contributed by atoms with Crippen LogP contribution in [0.5, 0.6) is 0 Å².